The van der Waals surface area contributed by atoms with Gasteiger partial charge in [-0.1, -0.05) is 6.07 Å². The summed E-state index contributed by atoms with van der Waals surface area (Å²) >= 11 is 6.01. The molecule has 0 radical (unpaired) electrons. The number of fused-ring (bicyclic) bond motifs is 1. The summed E-state index contributed by atoms with van der Waals surface area (Å²) in [4.78, 5) is 13.3. The van der Waals surface area contributed by atoms with Gasteiger partial charge in [0.15, 0.2) is 5.65 Å². The number of halogens is 1. The molecule has 0 atom stereocenters. The van der Waals surface area contributed by atoms with Crippen molar-refractivity contribution in [3.63, 3.8) is 0 Å². The molecule has 0 saturated heterocycles. The SMILES string of the molecule is COc1ccc(Cn2c(CCl)nc3ccc(C)nc32)cn1. The van der Waals surface area contributed by atoms with E-state index in [0.717, 1.165) is 28.2 Å². The third-order valence-corrected chi connectivity index (χ3v) is 3.52. The molecule has 3 aromatic heterocycles. The molecule has 0 aliphatic rings. The highest BCUT2D eigenvalue weighted by Crippen LogP contribution is 2.18. The largest absolute Gasteiger partial charge is 0.481 e. The summed E-state index contributed by atoms with van der Waals surface area (Å²) in [6.07, 6.45) is 1.79. The van der Waals surface area contributed by atoms with Gasteiger partial charge < -0.3 is 9.30 Å². The highest BCUT2D eigenvalue weighted by atomic mass is 35.5. The minimum Gasteiger partial charge on any atom is -0.481 e. The van der Waals surface area contributed by atoms with Crippen molar-refractivity contribution in [2.75, 3.05) is 7.11 Å². The first-order chi connectivity index (χ1) is 10.2. The van der Waals surface area contributed by atoms with E-state index in [1.165, 1.54) is 0 Å². The Labute approximate surface area is 127 Å². The standard InChI is InChI=1S/C15H15ClN4O/c1-10-3-5-12-15(18-10)20(13(7-16)19-12)9-11-4-6-14(21-2)17-8-11/h3-6,8H,7,9H2,1-2H3. The molecule has 0 aliphatic carbocycles. The van der Waals surface area contributed by atoms with E-state index in [1.54, 1.807) is 13.3 Å². The van der Waals surface area contributed by atoms with Gasteiger partial charge in [0, 0.05) is 18.0 Å². The fraction of sp³-hybridized carbons (Fsp3) is 0.267. The Morgan fingerprint density at radius 1 is 1.19 bits per heavy atom. The van der Waals surface area contributed by atoms with Crippen molar-refractivity contribution in [3.8, 4) is 5.88 Å². The zero-order chi connectivity index (χ0) is 14.8. The van der Waals surface area contributed by atoms with Crippen molar-refractivity contribution >= 4 is 22.8 Å². The van der Waals surface area contributed by atoms with Crippen molar-refractivity contribution in [1.29, 1.82) is 0 Å². The van der Waals surface area contributed by atoms with Crippen LogP contribution < -0.4 is 4.74 Å². The van der Waals surface area contributed by atoms with Gasteiger partial charge in [-0.15, -0.1) is 11.6 Å². The first-order valence-electron chi connectivity index (χ1n) is 6.59. The molecule has 21 heavy (non-hydrogen) atoms. The second-order valence-corrected chi connectivity index (χ2v) is 5.02. The fourth-order valence-electron chi connectivity index (χ4n) is 2.22. The fourth-order valence-corrected chi connectivity index (χ4v) is 2.42. The molecule has 0 aromatic carbocycles. The minimum atomic E-state index is 0.346. The maximum atomic E-state index is 6.01. The average Bonchev–Trinajstić information content (AvgIpc) is 2.85. The molecule has 108 valence electrons. The lowest BCUT2D eigenvalue weighted by Crippen LogP contribution is -2.05. The number of nitrogens with zero attached hydrogens (tertiary/aromatic N) is 4. The molecule has 0 fully saturated rings. The van der Waals surface area contributed by atoms with Gasteiger partial charge in [-0.25, -0.2) is 15.0 Å². The number of ether oxygens (including phenoxy) is 1. The van der Waals surface area contributed by atoms with Gasteiger partial charge in [0.2, 0.25) is 5.88 Å². The maximum absolute atomic E-state index is 6.01. The third kappa shape index (κ3) is 2.69. The van der Waals surface area contributed by atoms with E-state index < -0.39 is 0 Å². The highest BCUT2D eigenvalue weighted by molar-refractivity contribution is 6.16. The van der Waals surface area contributed by atoms with Crippen LogP contribution in [0.25, 0.3) is 11.2 Å². The van der Waals surface area contributed by atoms with Crippen LogP contribution in [0.5, 0.6) is 5.88 Å². The van der Waals surface area contributed by atoms with Crippen LogP contribution in [0.15, 0.2) is 30.5 Å². The Bertz CT molecular complexity index is 767. The van der Waals surface area contributed by atoms with Gasteiger partial charge in [-0.3, -0.25) is 0 Å². The topological polar surface area (TPSA) is 52.8 Å². The molecule has 0 saturated carbocycles. The smallest absolute Gasteiger partial charge is 0.212 e. The predicted octanol–water partition coefficient (Wildman–Crippen LogP) is 2.93. The summed E-state index contributed by atoms with van der Waals surface area (Å²) in [6, 6.07) is 7.74. The molecule has 3 rings (SSSR count). The van der Waals surface area contributed by atoms with Crippen LogP contribution in [0.4, 0.5) is 0 Å². The van der Waals surface area contributed by atoms with Crippen LogP contribution in [0.1, 0.15) is 17.1 Å². The number of aromatic nitrogens is 4. The van der Waals surface area contributed by atoms with E-state index in [9.17, 15) is 0 Å². The Hall–Kier alpha value is -2.14. The van der Waals surface area contributed by atoms with Gasteiger partial charge in [0.25, 0.3) is 0 Å². The molecular weight excluding hydrogens is 288 g/mol. The Balaban J connectivity index is 2.03. The van der Waals surface area contributed by atoms with Crippen LogP contribution in [0.3, 0.4) is 0 Å². The van der Waals surface area contributed by atoms with Crippen LogP contribution in [0.2, 0.25) is 0 Å². The quantitative estimate of drug-likeness (QED) is 0.695. The maximum Gasteiger partial charge on any atom is 0.212 e. The molecule has 0 N–H and O–H groups in total. The molecular formula is C15H15ClN4O. The van der Waals surface area contributed by atoms with E-state index in [4.69, 9.17) is 16.3 Å². The average molecular weight is 303 g/mol. The summed E-state index contributed by atoms with van der Waals surface area (Å²) in [7, 11) is 1.60. The molecule has 5 nitrogen and oxygen atoms in total. The molecule has 0 unspecified atom stereocenters. The molecule has 3 heterocycles. The Kier molecular flexibility index (Phi) is 3.75. The lowest BCUT2D eigenvalue weighted by atomic mass is 10.3. The monoisotopic (exact) mass is 302 g/mol. The lowest BCUT2D eigenvalue weighted by molar-refractivity contribution is 0.397. The molecule has 3 aromatic rings. The molecule has 0 aliphatic heterocycles. The van der Waals surface area contributed by atoms with E-state index in [1.807, 2.05) is 35.8 Å². The van der Waals surface area contributed by atoms with Gasteiger partial charge in [-0.05, 0) is 24.6 Å². The second-order valence-electron chi connectivity index (χ2n) is 4.75. The van der Waals surface area contributed by atoms with Crippen LogP contribution in [0, 0.1) is 6.92 Å². The lowest BCUT2D eigenvalue weighted by Gasteiger charge is -2.08. The van der Waals surface area contributed by atoms with Crippen molar-refractivity contribution in [2.45, 2.75) is 19.3 Å². The summed E-state index contributed by atoms with van der Waals surface area (Å²) in [5.41, 5.74) is 3.71. The summed E-state index contributed by atoms with van der Waals surface area (Å²) in [5.74, 6) is 1.75. The summed E-state index contributed by atoms with van der Waals surface area (Å²) in [6.45, 7) is 2.60. The van der Waals surface area contributed by atoms with Crippen molar-refractivity contribution in [2.24, 2.45) is 0 Å². The van der Waals surface area contributed by atoms with Crippen LogP contribution in [-0.2, 0) is 12.4 Å². The number of rotatable bonds is 4. The molecule has 0 spiro atoms. The van der Waals surface area contributed by atoms with E-state index in [-0.39, 0.29) is 0 Å². The number of methoxy groups -OCH3 is 1. The number of aryl methyl sites for hydroxylation is 1. The number of imidazole rings is 1. The predicted molar refractivity (Wildman–Crippen MR) is 81.7 cm³/mol. The van der Waals surface area contributed by atoms with Crippen molar-refractivity contribution < 1.29 is 4.74 Å². The van der Waals surface area contributed by atoms with Gasteiger partial charge >= 0.3 is 0 Å². The van der Waals surface area contributed by atoms with Gasteiger partial charge in [0.1, 0.15) is 11.3 Å². The molecule has 0 bridgehead atoms. The molecule has 6 heteroatoms. The minimum absolute atomic E-state index is 0.346. The Morgan fingerprint density at radius 3 is 2.71 bits per heavy atom. The second kappa shape index (κ2) is 5.69. The van der Waals surface area contributed by atoms with Crippen LogP contribution >= 0.6 is 11.6 Å². The van der Waals surface area contributed by atoms with Crippen molar-refractivity contribution in [3.05, 3.63) is 47.5 Å². The van der Waals surface area contributed by atoms with E-state index in [2.05, 4.69) is 15.0 Å². The van der Waals surface area contributed by atoms with Crippen molar-refractivity contribution in [1.82, 2.24) is 19.5 Å². The zero-order valence-corrected chi connectivity index (χ0v) is 12.6. The van der Waals surface area contributed by atoms with Gasteiger partial charge in [0.05, 0.1) is 19.5 Å². The number of hydrogen-bond acceptors (Lipinski definition) is 4. The normalized spacial score (nSPS) is 11.0. The number of hydrogen-bond donors (Lipinski definition) is 0. The first kappa shape index (κ1) is 13.8. The van der Waals surface area contributed by atoms with E-state index in [0.29, 0.717) is 18.3 Å². The Morgan fingerprint density at radius 2 is 2.05 bits per heavy atom. The highest BCUT2D eigenvalue weighted by Gasteiger charge is 2.12. The first-order valence-corrected chi connectivity index (χ1v) is 7.12. The summed E-state index contributed by atoms with van der Waals surface area (Å²) in [5, 5.41) is 0. The molecule has 0 amide bonds. The third-order valence-electron chi connectivity index (χ3n) is 3.28. The van der Waals surface area contributed by atoms with Gasteiger partial charge in [-0.2, -0.15) is 0 Å². The zero-order valence-electron chi connectivity index (χ0n) is 11.9. The van der Waals surface area contributed by atoms with Crippen LogP contribution in [-0.4, -0.2) is 26.6 Å². The number of pyridine rings is 2. The van der Waals surface area contributed by atoms with E-state index >= 15 is 0 Å². The summed E-state index contributed by atoms with van der Waals surface area (Å²) < 4.78 is 7.10. The number of alkyl halides is 1.